The van der Waals surface area contributed by atoms with Crippen LogP contribution in [0.15, 0.2) is 93.8 Å². The highest BCUT2D eigenvalue weighted by atomic mass is 79.9. The Kier molecular flexibility index (Phi) is 9.17. The SMILES string of the molecule is CCCCc1oc2ccccc2c1C(=O)CNCc1ccc2c(Br)c(OC(Cc3ccccc3)C(=O)O)ccc2c1. The highest BCUT2D eigenvalue weighted by molar-refractivity contribution is 9.10. The number of carboxylic acids is 1. The standard InChI is InChI=1S/C34H32BrNO5/c1-2-3-12-29-32(26-11-7-8-13-28(26)40-29)27(37)21-36-20-23-14-16-25-24(18-23)15-17-30(33(25)35)41-31(34(38)39)19-22-9-5-4-6-10-22/h4-11,13-18,31,36H,2-3,12,19-21H2,1H3,(H,38,39). The Bertz CT molecular complexity index is 1680. The van der Waals surface area contributed by atoms with Gasteiger partial charge in [-0.05, 0) is 62.4 Å². The van der Waals surface area contributed by atoms with Gasteiger partial charge >= 0.3 is 5.97 Å². The maximum absolute atomic E-state index is 13.3. The monoisotopic (exact) mass is 613 g/mol. The number of carbonyl (C=O) groups excluding carboxylic acids is 1. The van der Waals surface area contributed by atoms with Crippen LogP contribution in [0.2, 0.25) is 0 Å². The van der Waals surface area contributed by atoms with Crippen molar-refractivity contribution in [1.29, 1.82) is 0 Å². The Morgan fingerprint density at radius 2 is 1.73 bits per heavy atom. The van der Waals surface area contributed by atoms with Gasteiger partial charge in [0.2, 0.25) is 0 Å². The van der Waals surface area contributed by atoms with E-state index in [-0.39, 0.29) is 18.7 Å². The van der Waals surface area contributed by atoms with E-state index in [9.17, 15) is 14.7 Å². The summed E-state index contributed by atoms with van der Waals surface area (Å²) in [4.78, 5) is 25.2. The van der Waals surface area contributed by atoms with Crippen molar-refractivity contribution in [1.82, 2.24) is 5.32 Å². The Labute approximate surface area is 247 Å². The normalized spacial score (nSPS) is 12.0. The number of aryl methyl sites for hydroxylation is 1. The Morgan fingerprint density at radius 1 is 0.951 bits per heavy atom. The molecule has 0 saturated heterocycles. The van der Waals surface area contributed by atoms with Crippen LogP contribution in [0.25, 0.3) is 21.7 Å². The van der Waals surface area contributed by atoms with Gasteiger partial charge in [0.15, 0.2) is 11.9 Å². The van der Waals surface area contributed by atoms with Crippen LogP contribution in [0.5, 0.6) is 5.75 Å². The molecular weight excluding hydrogens is 582 g/mol. The molecule has 4 aromatic carbocycles. The van der Waals surface area contributed by atoms with Crippen LogP contribution in [0.1, 0.15) is 47.0 Å². The number of unbranched alkanes of at least 4 members (excludes halogenated alkanes) is 1. The number of Topliss-reactive ketones (excluding diaryl/α,β-unsaturated/α-hetero) is 1. The lowest BCUT2D eigenvalue weighted by Crippen LogP contribution is -2.29. The quantitative estimate of drug-likeness (QED) is 0.132. The van der Waals surface area contributed by atoms with Gasteiger partial charge in [-0.15, -0.1) is 0 Å². The van der Waals surface area contributed by atoms with Crippen LogP contribution in [-0.2, 0) is 24.2 Å². The summed E-state index contributed by atoms with van der Waals surface area (Å²) in [6.07, 6.45) is 2.00. The zero-order valence-electron chi connectivity index (χ0n) is 22.9. The molecule has 5 rings (SSSR count). The van der Waals surface area contributed by atoms with Gasteiger partial charge in [-0.1, -0.05) is 80.1 Å². The number of para-hydroxylation sites is 1. The van der Waals surface area contributed by atoms with Crippen LogP contribution >= 0.6 is 15.9 Å². The molecule has 1 aromatic heterocycles. The molecule has 0 aliphatic carbocycles. The van der Waals surface area contributed by atoms with E-state index in [1.807, 2.05) is 72.8 Å². The summed E-state index contributed by atoms with van der Waals surface area (Å²) in [5.74, 6) is 0.249. The van der Waals surface area contributed by atoms with E-state index >= 15 is 0 Å². The van der Waals surface area contributed by atoms with Crippen LogP contribution in [0.3, 0.4) is 0 Å². The lowest BCUT2D eigenvalue weighted by Gasteiger charge is -2.17. The fourth-order valence-electron chi connectivity index (χ4n) is 5.01. The number of hydrogen-bond donors (Lipinski definition) is 2. The first-order chi connectivity index (χ1) is 19.9. The summed E-state index contributed by atoms with van der Waals surface area (Å²) >= 11 is 3.62. The first-order valence-corrected chi connectivity index (χ1v) is 14.6. The molecule has 5 aromatic rings. The zero-order chi connectivity index (χ0) is 28.8. The van der Waals surface area contributed by atoms with Crippen molar-refractivity contribution in [3.8, 4) is 5.75 Å². The number of carbonyl (C=O) groups is 2. The molecule has 0 aliphatic rings. The third-order valence-corrected chi connectivity index (χ3v) is 7.93. The second-order valence-corrected chi connectivity index (χ2v) is 10.9. The van der Waals surface area contributed by atoms with Crippen molar-refractivity contribution in [3.63, 3.8) is 0 Å². The van der Waals surface area contributed by atoms with Gasteiger partial charge in [0.1, 0.15) is 17.1 Å². The molecule has 6 nitrogen and oxygen atoms in total. The number of carboxylic acid groups (broad SMARTS) is 1. The molecule has 1 unspecified atom stereocenters. The summed E-state index contributed by atoms with van der Waals surface area (Å²) in [5.41, 5.74) is 3.36. The number of fused-ring (bicyclic) bond motifs is 2. The molecule has 0 aliphatic heterocycles. The van der Waals surface area contributed by atoms with Crippen molar-refractivity contribution in [2.45, 2.75) is 45.3 Å². The lowest BCUT2D eigenvalue weighted by molar-refractivity contribution is -0.145. The minimum absolute atomic E-state index is 0.0230. The maximum atomic E-state index is 13.3. The van der Waals surface area contributed by atoms with E-state index < -0.39 is 12.1 Å². The molecular formula is C34H32BrNO5. The van der Waals surface area contributed by atoms with Gasteiger partial charge in [0.05, 0.1) is 16.6 Å². The van der Waals surface area contributed by atoms with Crippen LogP contribution < -0.4 is 10.1 Å². The second-order valence-electron chi connectivity index (χ2n) is 10.1. The van der Waals surface area contributed by atoms with Gasteiger partial charge in [0, 0.05) is 24.8 Å². The fraction of sp³-hybridized carbons (Fsp3) is 0.235. The highest BCUT2D eigenvalue weighted by Crippen LogP contribution is 2.35. The topological polar surface area (TPSA) is 88.8 Å². The van der Waals surface area contributed by atoms with Gasteiger partial charge in [-0.25, -0.2) is 4.79 Å². The van der Waals surface area contributed by atoms with Crippen LogP contribution in [0.4, 0.5) is 0 Å². The lowest BCUT2D eigenvalue weighted by atomic mass is 10.0. The summed E-state index contributed by atoms with van der Waals surface area (Å²) in [7, 11) is 0. The largest absolute Gasteiger partial charge is 0.478 e. The number of nitrogens with one attached hydrogen (secondary N) is 1. The number of halogens is 1. The second kappa shape index (κ2) is 13.1. The minimum atomic E-state index is -1.02. The number of aliphatic carboxylic acids is 1. The molecule has 1 heterocycles. The molecule has 0 fully saturated rings. The highest BCUT2D eigenvalue weighted by Gasteiger charge is 2.22. The third kappa shape index (κ3) is 6.69. The molecule has 2 N–H and O–H groups in total. The molecule has 7 heteroatoms. The Hall–Kier alpha value is -3.94. The number of hydrogen-bond acceptors (Lipinski definition) is 5. The first kappa shape index (κ1) is 28.6. The minimum Gasteiger partial charge on any atom is -0.478 e. The van der Waals surface area contributed by atoms with E-state index in [1.165, 1.54) is 0 Å². The van der Waals surface area contributed by atoms with E-state index in [4.69, 9.17) is 9.15 Å². The summed E-state index contributed by atoms with van der Waals surface area (Å²) < 4.78 is 12.7. The van der Waals surface area contributed by atoms with E-state index in [1.54, 1.807) is 6.07 Å². The Balaban J connectivity index is 1.26. The molecule has 0 bridgehead atoms. The predicted molar refractivity (Wildman–Crippen MR) is 165 cm³/mol. The van der Waals surface area contributed by atoms with Crippen LogP contribution in [0, 0.1) is 0 Å². The van der Waals surface area contributed by atoms with Crippen molar-refractivity contribution in [3.05, 3.63) is 112 Å². The fourth-order valence-corrected chi connectivity index (χ4v) is 5.59. The van der Waals surface area contributed by atoms with Gasteiger partial charge in [-0.2, -0.15) is 0 Å². The number of ether oxygens (including phenoxy) is 1. The molecule has 1 atom stereocenters. The van der Waals surface area contributed by atoms with E-state index in [2.05, 4.69) is 34.2 Å². The van der Waals surface area contributed by atoms with Crippen LogP contribution in [-0.4, -0.2) is 29.5 Å². The number of benzene rings is 4. The van der Waals surface area contributed by atoms with Gasteiger partial charge in [0.25, 0.3) is 0 Å². The molecule has 0 spiro atoms. The first-order valence-electron chi connectivity index (χ1n) is 13.8. The molecule has 0 radical (unpaired) electrons. The summed E-state index contributed by atoms with van der Waals surface area (Å²) in [5, 5.41) is 15.8. The van der Waals surface area contributed by atoms with Crippen molar-refractivity contribution in [2.75, 3.05) is 6.54 Å². The average molecular weight is 615 g/mol. The molecule has 0 amide bonds. The average Bonchev–Trinajstić information content (AvgIpc) is 3.36. The summed E-state index contributed by atoms with van der Waals surface area (Å²) in [6, 6.07) is 26.9. The van der Waals surface area contributed by atoms with Crippen molar-refractivity contribution < 1.29 is 23.8 Å². The molecule has 210 valence electrons. The van der Waals surface area contributed by atoms with Gasteiger partial charge in [-0.3, -0.25) is 4.79 Å². The van der Waals surface area contributed by atoms with Crippen molar-refractivity contribution in [2.24, 2.45) is 0 Å². The number of furan rings is 1. The smallest absolute Gasteiger partial charge is 0.345 e. The van der Waals surface area contributed by atoms with Gasteiger partial charge < -0.3 is 19.6 Å². The predicted octanol–water partition coefficient (Wildman–Crippen LogP) is 7.74. The number of rotatable bonds is 13. The maximum Gasteiger partial charge on any atom is 0.345 e. The molecule has 41 heavy (non-hydrogen) atoms. The third-order valence-electron chi connectivity index (χ3n) is 7.11. The summed E-state index contributed by atoms with van der Waals surface area (Å²) in [6.45, 7) is 2.85. The van der Waals surface area contributed by atoms with E-state index in [0.29, 0.717) is 22.3 Å². The zero-order valence-corrected chi connectivity index (χ0v) is 24.4. The molecule has 0 saturated carbocycles. The van der Waals surface area contributed by atoms with Crippen molar-refractivity contribution >= 4 is 49.4 Å². The Morgan fingerprint density at radius 3 is 2.51 bits per heavy atom. The van der Waals surface area contributed by atoms with E-state index in [0.717, 1.165) is 57.9 Å². The number of ketones is 1.